The molecule has 0 aromatic carbocycles. The van der Waals surface area contributed by atoms with E-state index < -0.39 is 0 Å². The van der Waals surface area contributed by atoms with Crippen molar-refractivity contribution in [2.75, 3.05) is 12.1 Å². The van der Waals surface area contributed by atoms with Crippen LogP contribution in [0.2, 0.25) is 0 Å². The molecule has 0 aliphatic rings. The van der Waals surface area contributed by atoms with Crippen LogP contribution >= 0.6 is 0 Å². The molecule has 4 nitrogen and oxygen atoms in total. The van der Waals surface area contributed by atoms with E-state index in [1.165, 1.54) is 0 Å². The summed E-state index contributed by atoms with van der Waals surface area (Å²) in [7, 11) is 0. The number of rotatable bonds is 8. The van der Waals surface area contributed by atoms with Crippen molar-refractivity contribution >= 4 is 19.8 Å². The maximum absolute atomic E-state index is 11.2. The molecule has 0 saturated heterocycles. The van der Waals surface area contributed by atoms with E-state index in [0.717, 1.165) is 18.4 Å². The van der Waals surface area contributed by atoms with Crippen molar-refractivity contribution in [2.45, 2.75) is 26.4 Å². The van der Waals surface area contributed by atoms with Crippen molar-refractivity contribution in [1.29, 1.82) is 0 Å². The first kappa shape index (κ1) is 14.2. The molecular weight excluding hydrogens is 285 g/mol. The molecular formula is C12H17NO3Se. The van der Waals surface area contributed by atoms with Crippen molar-refractivity contribution in [2.24, 2.45) is 0 Å². The van der Waals surface area contributed by atoms with Gasteiger partial charge in [0, 0.05) is 0 Å². The van der Waals surface area contributed by atoms with E-state index in [9.17, 15) is 4.79 Å². The van der Waals surface area contributed by atoms with Crippen LogP contribution in [0.15, 0.2) is 24.5 Å². The molecule has 0 radical (unpaired) electrons. The first-order valence-corrected chi connectivity index (χ1v) is 7.66. The second-order valence-corrected chi connectivity index (χ2v) is 5.22. The molecule has 0 fully saturated rings. The Morgan fingerprint density at radius 2 is 2.41 bits per heavy atom. The number of nitrogens with zero attached hydrogens (tertiary/aromatic N) is 1. The van der Waals surface area contributed by atoms with Crippen LogP contribution in [-0.2, 0) is 16.1 Å². The quantitative estimate of drug-likeness (QED) is 0.545. The summed E-state index contributed by atoms with van der Waals surface area (Å²) in [6.07, 6.45) is 5.45. The summed E-state index contributed by atoms with van der Waals surface area (Å²) in [4.78, 5) is 15.1. The van der Waals surface area contributed by atoms with Crippen molar-refractivity contribution < 1.29 is 14.3 Å². The van der Waals surface area contributed by atoms with Gasteiger partial charge < -0.3 is 0 Å². The van der Waals surface area contributed by atoms with Crippen molar-refractivity contribution in [1.82, 2.24) is 4.98 Å². The predicted molar refractivity (Wildman–Crippen MR) is 65.9 cm³/mol. The third kappa shape index (κ3) is 7.10. The van der Waals surface area contributed by atoms with Gasteiger partial charge in [0.05, 0.1) is 0 Å². The van der Waals surface area contributed by atoms with E-state index >= 15 is 0 Å². The van der Waals surface area contributed by atoms with E-state index in [2.05, 4.69) is 11.9 Å². The molecule has 5 heteroatoms. The molecule has 0 N–H and O–H groups in total. The number of carbonyl (C=O) groups excluding carboxylic acids is 1. The van der Waals surface area contributed by atoms with Gasteiger partial charge in [-0.15, -0.1) is 0 Å². The first-order valence-electron chi connectivity index (χ1n) is 5.59. The maximum atomic E-state index is 11.2. The second kappa shape index (κ2) is 9.16. The molecule has 17 heavy (non-hydrogen) atoms. The normalized spacial score (nSPS) is 10.2. The fourth-order valence-corrected chi connectivity index (χ4v) is 1.98. The minimum absolute atomic E-state index is 0.128. The van der Waals surface area contributed by atoms with E-state index in [1.54, 1.807) is 12.4 Å². The van der Waals surface area contributed by atoms with Crippen LogP contribution in [0, 0.1) is 0 Å². The zero-order valence-corrected chi connectivity index (χ0v) is 11.6. The number of ether oxygens (including phenoxy) is 2. The van der Waals surface area contributed by atoms with Gasteiger partial charge >= 0.3 is 108 Å². The summed E-state index contributed by atoms with van der Waals surface area (Å²) in [5, 5.41) is 0. The molecule has 0 bridgehead atoms. The van der Waals surface area contributed by atoms with E-state index in [0.29, 0.717) is 18.7 Å². The third-order valence-electron chi connectivity index (χ3n) is 1.97. The topological polar surface area (TPSA) is 48.4 Å². The van der Waals surface area contributed by atoms with Gasteiger partial charge in [0.2, 0.25) is 0 Å². The Hall–Kier alpha value is -0.901. The van der Waals surface area contributed by atoms with E-state index in [1.807, 2.05) is 12.1 Å². The van der Waals surface area contributed by atoms with Gasteiger partial charge in [-0.3, -0.25) is 0 Å². The first-order chi connectivity index (χ1) is 8.33. The molecule has 0 saturated carbocycles. The Labute approximate surface area is 108 Å². The molecule has 0 amide bonds. The fourth-order valence-electron chi connectivity index (χ4n) is 1.07. The van der Waals surface area contributed by atoms with Gasteiger partial charge in [0.25, 0.3) is 0 Å². The Morgan fingerprint density at radius 3 is 3.12 bits per heavy atom. The number of unbranched alkanes of at least 4 members (excludes halogenated alkanes) is 1. The van der Waals surface area contributed by atoms with Crippen LogP contribution in [0.5, 0.6) is 0 Å². The van der Waals surface area contributed by atoms with Gasteiger partial charge in [-0.05, 0) is 0 Å². The van der Waals surface area contributed by atoms with Crippen LogP contribution in [0.25, 0.3) is 0 Å². The molecule has 1 rings (SSSR count). The van der Waals surface area contributed by atoms with Gasteiger partial charge in [-0.2, -0.15) is 0 Å². The molecule has 1 aromatic heterocycles. The van der Waals surface area contributed by atoms with Gasteiger partial charge in [-0.25, -0.2) is 0 Å². The van der Waals surface area contributed by atoms with Crippen molar-refractivity contribution in [3.63, 3.8) is 0 Å². The van der Waals surface area contributed by atoms with Gasteiger partial charge in [0.15, 0.2) is 0 Å². The summed E-state index contributed by atoms with van der Waals surface area (Å²) in [5.41, 5.74) is 1.47. The molecule has 0 unspecified atom stereocenters. The Kier molecular flexibility index (Phi) is 7.63. The molecule has 0 aliphatic carbocycles. The zero-order chi connectivity index (χ0) is 12.3. The van der Waals surface area contributed by atoms with Crippen LogP contribution in [0.4, 0.5) is 4.79 Å². The molecule has 1 heterocycles. The molecule has 94 valence electrons. The number of carbonyl (C=O) groups is 1. The summed E-state index contributed by atoms with van der Waals surface area (Å²) in [6.45, 7) is 3.09. The molecule has 0 aliphatic heterocycles. The van der Waals surface area contributed by atoms with Crippen molar-refractivity contribution in [3.8, 4) is 0 Å². The molecule has 1 aromatic rings. The van der Waals surface area contributed by atoms with E-state index in [-0.39, 0.29) is 19.8 Å². The number of aromatic nitrogens is 1. The summed E-state index contributed by atoms with van der Waals surface area (Å²) in [6, 6.07) is 3.81. The van der Waals surface area contributed by atoms with Crippen LogP contribution < -0.4 is 0 Å². The van der Waals surface area contributed by atoms with Crippen LogP contribution in [0.3, 0.4) is 0 Å². The molecule has 0 spiro atoms. The minimum atomic E-state index is -0.240. The van der Waals surface area contributed by atoms with E-state index in [4.69, 9.17) is 9.47 Å². The monoisotopic (exact) mass is 303 g/mol. The SMILES string of the molecule is CCCCOC(=O)[Se]COCc1cccnc1. The number of hydrogen-bond acceptors (Lipinski definition) is 4. The van der Waals surface area contributed by atoms with Crippen molar-refractivity contribution in [3.05, 3.63) is 30.1 Å². The number of pyridine rings is 1. The second-order valence-electron chi connectivity index (χ2n) is 3.42. The Bertz CT molecular complexity index is 319. The fraction of sp³-hybridized carbons (Fsp3) is 0.500. The Morgan fingerprint density at radius 1 is 1.53 bits per heavy atom. The Balaban J connectivity index is 2.02. The standard InChI is InChI=1S/C12H17NO3Se/c1-2-3-7-16-12(14)17-10-15-9-11-5-4-6-13-8-11/h4-6,8H,2-3,7,9-10H2,1H3. The summed E-state index contributed by atoms with van der Waals surface area (Å²) in [5.74, 6) is 0. The predicted octanol–water partition coefficient (Wildman–Crippen LogP) is 2.20. The average molecular weight is 302 g/mol. The summed E-state index contributed by atoms with van der Waals surface area (Å²) < 4.78 is 10.4. The summed E-state index contributed by atoms with van der Waals surface area (Å²) >= 11 is -0.240. The van der Waals surface area contributed by atoms with Crippen LogP contribution in [0.1, 0.15) is 25.3 Å². The zero-order valence-electron chi connectivity index (χ0n) is 9.93. The van der Waals surface area contributed by atoms with Crippen LogP contribution in [-0.4, -0.2) is 36.9 Å². The third-order valence-corrected chi connectivity index (χ3v) is 3.31. The average Bonchev–Trinajstić information content (AvgIpc) is 2.36. The van der Waals surface area contributed by atoms with Gasteiger partial charge in [0.1, 0.15) is 0 Å². The number of hydrogen-bond donors (Lipinski definition) is 0. The molecule has 0 atom stereocenters. The van der Waals surface area contributed by atoms with Gasteiger partial charge in [-0.1, -0.05) is 0 Å².